The first-order valence-electron chi connectivity index (χ1n) is 9.30. The summed E-state index contributed by atoms with van der Waals surface area (Å²) in [6, 6.07) is 19.5. The van der Waals surface area contributed by atoms with Crippen molar-refractivity contribution in [2.24, 2.45) is 5.92 Å². The molecule has 1 saturated carbocycles. The Bertz CT molecular complexity index is 850. The maximum absolute atomic E-state index is 5.92. The minimum Gasteiger partial charge on any atom is -0.244 e. The van der Waals surface area contributed by atoms with Gasteiger partial charge in [-0.05, 0) is 71.4 Å². The number of hydrogen-bond acceptors (Lipinski definition) is 1. The number of halogens is 1. The lowest BCUT2D eigenvalue weighted by molar-refractivity contribution is 0.456. The Morgan fingerprint density at radius 1 is 1.04 bits per heavy atom. The van der Waals surface area contributed by atoms with Gasteiger partial charge in [-0.25, -0.2) is 4.98 Å². The monoisotopic (exact) mass is 349 g/mol. The van der Waals surface area contributed by atoms with Gasteiger partial charge in [0.15, 0.2) is 0 Å². The van der Waals surface area contributed by atoms with Gasteiger partial charge in [-0.15, -0.1) is 0 Å². The number of pyridine rings is 1. The Kier molecular flexibility index (Phi) is 4.76. The van der Waals surface area contributed by atoms with Crippen LogP contribution in [0, 0.1) is 5.92 Å². The molecule has 3 atom stereocenters. The van der Waals surface area contributed by atoms with Gasteiger partial charge in [0.05, 0.1) is 0 Å². The molecule has 2 heteroatoms. The molecule has 2 aromatic carbocycles. The van der Waals surface area contributed by atoms with Gasteiger partial charge in [0.1, 0.15) is 5.15 Å². The molecule has 0 spiro atoms. The SMILES string of the molecule is C[C@@H](C[C@H]1CC[C@@H](c2ccc(Cl)nc2)C1)c1cccc2ccccc12. The number of benzene rings is 2. The molecule has 25 heavy (non-hydrogen) atoms. The highest BCUT2D eigenvalue weighted by Gasteiger charge is 2.27. The maximum Gasteiger partial charge on any atom is 0.129 e. The lowest BCUT2D eigenvalue weighted by atomic mass is 9.86. The summed E-state index contributed by atoms with van der Waals surface area (Å²) in [7, 11) is 0. The molecule has 0 amide bonds. The van der Waals surface area contributed by atoms with Crippen LogP contribution in [0.5, 0.6) is 0 Å². The molecular formula is C23H24ClN. The van der Waals surface area contributed by atoms with Gasteiger partial charge in [-0.3, -0.25) is 0 Å². The molecule has 0 bridgehead atoms. The standard InChI is InChI=1S/C23H24ClN/c1-16(21-8-4-6-18-5-2-3-7-22(18)21)13-17-9-10-19(14-17)20-11-12-23(24)25-15-20/h2-8,11-12,15-17,19H,9-10,13-14H2,1H3/t16-,17+,19+/m0/s1. The summed E-state index contributed by atoms with van der Waals surface area (Å²) < 4.78 is 0. The van der Waals surface area contributed by atoms with Crippen molar-refractivity contribution < 1.29 is 0 Å². The van der Waals surface area contributed by atoms with E-state index >= 15 is 0 Å². The third-order valence-corrected chi connectivity index (χ3v) is 6.03. The Balaban J connectivity index is 1.46. The average Bonchev–Trinajstić information content (AvgIpc) is 3.10. The number of aromatic nitrogens is 1. The van der Waals surface area contributed by atoms with Crippen LogP contribution < -0.4 is 0 Å². The van der Waals surface area contributed by atoms with E-state index in [4.69, 9.17) is 11.6 Å². The molecule has 0 saturated heterocycles. The highest BCUT2D eigenvalue weighted by atomic mass is 35.5. The van der Waals surface area contributed by atoms with Gasteiger partial charge in [-0.1, -0.05) is 67.1 Å². The number of hydrogen-bond donors (Lipinski definition) is 0. The van der Waals surface area contributed by atoms with Crippen LogP contribution >= 0.6 is 11.6 Å². The Hall–Kier alpha value is -1.86. The summed E-state index contributed by atoms with van der Waals surface area (Å²) in [4.78, 5) is 4.26. The van der Waals surface area contributed by atoms with Crippen LogP contribution in [0.25, 0.3) is 10.8 Å². The molecule has 128 valence electrons. The molecular weight excluding hydrogens is 326 g/mol. The molecule has 0 radical (unpaired) electrons. The van der Waals surface area contributed by atoms with Crippen molar-refractivity contribution in [3.63, 3.8) is 0 Å². The van der Waals surface area contributed by atoms with Gasteiger partial charge >= 0.3 is 0 Å². The van der Waals surface area contributed by atoms with Crippen molar-refractivity contribution in [1.82, 2.24) is 4.98 Å². The third kappa shape index (κ3) is 3.57. The normalized spacial score (nSPS) is 21.5. The van der Waals surface area contributed by atoms with Gasteiger partial charge < -0.3 is 0 Å². The van der Waals surface area contributed by atoms with Gasteiger partial charge in [0.2, 0.25) is 0 Å². The summed E-state index contributed by atoms with van der Waals surface area (Å²) >= 11 is 5.92. The van der Waals surface area contributed by atoms with Crippen LogP contribution in [0.3, 0.4) is 0 Å². The topological polar surface area (TPSA) is 12.9 Å². The van der Waals surface area contributed by atoms with Crippen LogP contribution in [0.15, 0.2) is 60.8 Å². The molecule has 4 rings (SSSR count). The molecule has 1 aliphatic carbocycles. The van der Waals surface area contributed by atoms with Gasteiger partial charge in [0, 0.05) is 6.20 Å². The predicted octanol–water partition coefficient (Wildman–Crippen LogP) is 6.97. The fraction of sp³-hybridized carbons (Fsp3) is 0.348. The van der Waals surface area contributed by atoms with Crippen molar-refractivity contribution in [3.8, 4) is 0 Å². The Labute approximate surface area is 155 Å². The minimum atomic E-state index is 0.586. The minimum absolute atomic E-state index is 0.586. The van der Waals surface area contributed by atoms with E-state index in [1.807, 2.05) is 12.3 Å². The van der Waals surface area contributed by atoms with Crippen LogP contribution in [-0.2, 0) is 0 Å². The van der Waals surface area contributed by atoms with Crippen molar-refractivity contribution in [1.29, 1.82) is 0 Å². The predicted molar refractivity (Wildman–Crippen MR) is 106 cm³/mol. The number of rotatable bonds is 4. The molecule has 0 aliphatic heterocycles. The molecule has 0 unspecified atom stereocenters. The second kappa shape index (κ2) is 7.17. The van der Waals surface area contributed by atoms with Crippen LogP contribution in [0.1, 0.15) is 55.6 Å². The highest BCUT2D eigenvalue weighted by Crippen LogP contribution is 2.43. The molecule has 1 nitrogen and oxygen atoms in total. The summed E-state index contributed by atoms with van der Waals surface area (Å²) in [5.74, 6) is 2.04. The van der Waals surface area contributed by atoms with E-state index in [1.165, 1.54) is 47.6 Å². The summed E-state index contributed by atoms with van der Waals surface area (Å²) in [5, 5.41) is 3.35. The fourth-order valence-electron chi connectivity index (χ4n) is 4.53. The molecule has 1 aromatic heterocycles. The average molecular weight is 350 g/mol. The molecule has 1 heterocycles. The third-order valence-electron chi connectivity index (χ3n) is 5.80. The first kappa shape index (κ1) is 16.6. The van der Waals surface area contributed by atoms with E-state index in [0.717, 1.165) is 5.92 Å². The second-order valence-corrected chi connectivity index (χ2v) is 7.88. The van der Waals surface area contributed by atoms with Crippen molar-refractivity contribution in [2.45, 2.75) is 44.4 Å². The van der Waals surface area contributed by atoms with Crippen molar-refractivity contribution >= 4 is 22.4 Å². The first-order chi connectivity index (χ1) is 12.2. The lowest BCUT2D eigenvalue weighted by Gasteiger charge is -2.19. The number of fused-ring (bicyclic) bond motifs is 1. The number of nitrogens with zero attached hydrogens (tertiary/aromatic N) is 1. The second-order valence-electron chi connectivity index (χ2n) is 7.50. The quantitative estimate of drug-likeness (QED) is 0.463. The smallest absolute Gasteiger partial charge is 0.129 e. The highest BCUT2D eigenvalue weighted by molar-refractivity contribution is 6.29. The zero-order valence-electron chi connectivity index (χ0n) is 14.7. The lowest BCUT2D eigenvalue weighted by Crippen LogP contribution is -2.03. The zero-order chi connectivity index (χ0) is 17.2. The van der Waals surface area contributed by atoms with E-state index in [-0.39, 0.29) is 0 Å². The van der Waals surface area contributed by atoms with Gasteiger partial charge in [0.25, 0.3) is 0 Å². The fourth-order valence-corrected chi connectivity index (χ4v) is 4.64. The molecule has 1 fully saturated rings. The molecule has 3 aromatic rings. The molecule has 0 N–H and O–H groups in total. The van der Waals surface area contributed by atoms with Crippen molar-refractivity contribution in [2.75, 3.05) is 0 Å². The Morgan fingerprint density at radius 3 is 2.72 bits per heavy atom. The van der Waals surface area contributed by atoms with E-state index in [0.29, 0.717) is 17.0 Å². The van der Waals surface area contributed by atoms with Crippen LogP contribution in [0.2, 0.25) is 5.15 Å². The summed E-state index contributed by atoms with van der Waals surface area (Å²) in [6.07, 6.45) is 7.10. The van der Waals surface area contributed by atoms with E-state index in [1.54, 1.807) is 0 Å². The van der Waals surface area contributed by atoms with E-state index in [2.05, 4.69) is 60.4 Å². The van der Waals surface area contributed by atoms with E-state index in [9.17, 15) is 0 Å². The molecule has 1 aliphatic rings. The van der Waals surface area contributed by atoms with Crippen molar-refractivity contribution in [3.05, 3.63) is 77.1 Å². The van der Waals surface area contributed by atoms with E-state index < -0.39 is 0 Å². The zero-order valence-corrected chi connectivity index (χ0v) is 15.4. The van der Waals surface area contributed by atoms with Crippen LogP contribution in [-0.4, -0.2) is 4.98 Å². The maximum atomic E-state index is 5.92. The summed E-state index contributed by atoms with van der Waals surface area (Å²) in [6.45, 7) is 2.39. The van der Waals surface area contributed by atoms with Crippen LogP contribution in [0.4, 0.5) is 0 Å². The largest absolute Gasteiger partial charge is 0.244 e. The van der Waals surface area contributed by atoms with Gasteiger partial charge in [-0.2, -0.15) is 0 Å². The summed E-state index contributed by atoms with van der Waals surface area (Å²) in [5.41, 5.74) is 2.85. The first-order valence-corrected chi connectivity index (χ1v) is 9.67. The Morgan fingerprint density at radius 2 is 1.88 bits per heavy atom.